The molecule has 0 aromatic heterocycles. The molecule has 2 aromatic carbocycles. The van der Waals surface area contributed by atoms with Crippen molar-refractivity contribution in [2.75, 3.05) is 13.1 Å². The molecule has 0 atom stereocenters. The number of nitrogens with one attached hydrogen (secondary N) is 2. The molecule has 1 fully saturated rings. The van der Waals surface area contributed by atoms with Crippen LogP contribution in [-0.2, 0) is 10.0 Å². The lowest BCUT2D eigenvalue weighted by atomic mass is 10.1. The fourth-order valence-electron chi connectivity index (χ4n) is 2.17. The maximum absolute atomic E-state index is 12.2. The van der Waals surface area contributed by atoms with Gasteiger partial charge in [0.1, 0.15) is 0 Å². The van der Waals surface area contributed by atoms with Gasteiger partial charge >= 0.3 is 0 Å². The Bertz CT molecular complexity index is 709. The predicted octanol–water partition coefficient (Wildman–Crippen LogP) is 1.87. The highest BCUT2D eigenvalue weighted by molar-refractivity contribution is 7.89. The van der Waals surface area contributed by atoms with Gasteiger partial charge in [-0.15, -0.1) is 0 Å². The smallest absolute Gasteiger partial charge is 0.240 e. The van der Waals surface area contributed by atoms with Gasteiger partial charge in [-0.1, -0.05) is 30.3 Å². The molecule has 1 aliphatic rings. The third-order valence-corrected chi connectivity index (χ3v) is 4.92. The monoisotopic (exact) mass is 290 g/mol. The molecule has 1 aliphatic carbocycles. The van der Waals surface area contributed by atoms with Gasteiger partial charge in [-0.3, -0.25) is 0 Å². The standard InChI is InChI=1S/C15H18N2O2S/c18-20(19,17-10-9-16-14-6-7-14)15-8-5-12-3-1-2-4-13(12)11-15/h1-5,8,11,14,16-17H,6-7,9-10H2. The van der Waals surface area contributed by atoms with Gasteiger partial charge in [-0.25, -0.2) is 13.1 Å². The first-order chi connectivity index (χ1) is 9.65. The summed E-state index contributed by atoms with van der Waals surface area (Å²) in [6.45, 7) is 1.10. The van der Waals surface area contributed by atoms with Crippen LogP contribution in [0.3, 0.4) is 0 Å². The summed E-state index contributed by atoms with van der Waals surface area (Å²) >= 11 is 0. The number of fused-ring (bicyclic) bond motifs is 1. The van der Waals surface area contributed by atoms with Crippen molar-refractivity contribution in [1.29, 1.82) is 0 Å². The Morgan fingerprint density at radius 2 is 1.75 bits per heavy atom. The molecule has 0 saturated heterocycles. The number of hydrogen-bond donors (Lipinski definition) is 2. The maximum atomic E-state index is 12.2. The van der Waals surface area contributed by atoms with Gasteiger partial charge in [-0.05, 0) is 35.7 Å². The molecule has 0 aliphatic heterocycles. The normalized spacial score (nSPS) is 15.6. The lowest BCUT2D eigenvalue weighted by molar-refractivity contribution is 0.575. The van der Waals surface area contributed by atoms with Crippen molar-refractivity contribution in [2.24, 2.45) is 0 Å². The minimum atomic E-state index is -3.42. The Balaban J connectivity index is 1.70. The van der Waals surface area contributed by atoms with Crippen LogP contribution in [0.1, 0.15) is 12.8 Å². The first kappa shape index (κ1) is 13.5. The molecule has 5 heteroatoms. The summed E-state index contributed by atoms with van der Waals surface area (Å²) in [6.07, 6.45) is 2.41. The SMILES string of the molecule is O=S(=O)(NCCNC1CC1)c1ccc2ccccc2c1. The highest BCUT2D eigenvalue weighted by Gasteiger charge is 2.20. The topological polar surface area (TPSA) is 58.2 Å². The second-order valence-electron chi connectivity index (χ2n) is 5.14. The van der Waals surface area contributed by atoms with Crippen LogP contribution in [0.4, 0.5) is 0 Å². The molecule has 20 heavy (non-hydrogen) atoms. The number of rotatable bonds is 6. The second kappa shape index (κ2) is 5.52. The van der Waals surface area contributed by atoms with Crippen LogP contribution < -0.4 is 10.0 Å². The Labute approximate surface area is 119 Å². The predicted molar refractivity (Wildman–Crippen MR) is 80.2 cm³/mol. The summed E-state index contributed by atoms with van der Waals surface area (Å²) in [5.41, 5.74) is 0. The molecular formula is C15H18N2O2S. The molecule has 2 N–H and O–H groups in total. The van der Waals surface area contributed by atoms with Crippen LogP contribution in [-0.4, -0.2) is 27.5 Å². The van der Waals surface area contributed by atoms with E-state index < -0.39 is 10.0 Å². The maximum Gasteiger partial charge on any atom is 0.240 e. The Kier molecular flexibility index (Phi) is 3.74. The summed E-state index contributed by atoms with van der Waals surface area (Å²) < 4.78 is 27.0. The molecule has 0 spiro atoms. The van der Waals surface area contributed by atoms with Gasteiger partial charge in [0.15, 0.2) is 0 Å². The number of hydrogen-bond acceptors (Lipinski definition) is 3. The second-order valence-corrected chi connectivity index (χ2v) is 6.90. The van der Waals surface area contributed by atoms with Crippen LogP contribution >= 0.6 is 0 Å². The van der Waals surface area contributed by atoms with E-state index in [-0.39, 0.29) is 0 Å². The van der Waals surface area contributed by atoms with Crippen molar-refractivity contribution in [2.45, 2.75) is 23.8 Å². The zero-order valence-electron chi connectivity index (χ0n) is 11.2. The van der Waals surface area contributed by atoms with Gasteiger partial charge in [0.2, 0.25) is 10.0 Å². The average Bonchev–Trinajstić information content (AvgIpc) is 3.27. The highest BCUT2D eigenvalue weighted by atomic mass is 32.2. The molecule has 0 unspecified atom stereocenters. The van der Waals surface area contributed by atoms with E-state index in [1.165, 1.54) is 12.8 Å². The van der Waals surface area contributed by atoms with Crippen molar-refractivity contribution >= 4 is 20.8 Å². The lowest BCUT2D eigenvalue weighted by Gasteiger charge is -2.08. The van der Waals surface area contributed by atoms with E-state index in [9.17, 15) is 8.42 Å². The molecule has 0 radical (unpaired) electrons. The Morgan fingerprint density at radius 1 is 1.00 bits per heavy atom. The average molecular weight is 290 g/mol. The molecule has 106 valence electrons. The first-order valence-corrected chi connectivity index (χ1v) is 8.35. The van der Waals surface area contributed by atoms with Crippen LogP contribution in [0, 0.1) is 0 Å². The third-order valence-electron chi connectivity index (χ3n) is 3.46. The molecule has 0 amide bonds. The summed E-state index contributed by atoms with van der Waals surface area (Å²) in [6, 6.07) is 13.5. The molecule has 3 rings (SSSR count). The van der Waals surface area contributed by atoms with E-state index in [0.29, 0.717) is 24.0 Å². The van der Waals surface area contributed by atoms with Gasteiger partial charge in [-0.2, -0.15) is 0 Å². The largest absolute Gasteiger partial charge is 0.313 e. The van der Waals surface area contributed by atoms with Gasteiger partial charge in [0, 0.05) is 19.1 Å². The fraction of sp³-hybridized carbons (Fsp3) is 0.333. The van der Waals surface area contributed by atoms with Gasteiger partial charge < -0.3 is 5.32 Å². The third kappa shape index (κ3) is 3.17. The zero-order chi connectivity index (χ0) is 14.0. The van der Waals surface area contributed by atoms with Crippen LogP contribution in [0.15, 0.2) is 47.4 Å². The molecular weight excluding hydrogens is 272 g/mol. The molecule has 1 saturated carbocycles. The molecule has 2 aromatic rings. The van der Waals surface area contributed by atoms with Crippen molar-refractivity contribution in [3.8, 4) is 0 Å². The van der Waals surface area contributed by atoms with E-state index in [4.69, 9.17) is 0 Å². The molecule has 0 heterocycles. The summed E-state index contributed by atoms with van der Waals surface area (Å²) in [7, 11) is -3.42. The summed E-state index contributed by atoms with van der Waals surface area (Å²) in [5, 5.41) is 5.26. The molecule has 0 bridgehead atoms. The quantitative estimate of drug-likeness (QED) is 0.799. The summed E-state index contributed by atoms with van der Waals surface area (Å²) in [4.78, 5) is 0.322. The van der Waals surface area contributed by atoms with Crippen LogP contribution in [0.5, 0.6) is 0 Å². The van der Waals surface area contributed by atoms with E-state index >= 15 is 0 Å². The fourth-order valence-corrected chi connectivity index (χ4v) is 3.23. The van der Waals surface area contributed by atoms with Crippen LogP contribution in [0.2, 0.25) is 0 Å². The van der Waals surface area contributed by atoms with Gasteiger partial charge in [0.25, 0.3) is 0 Å². The number of sulfonamides is 1. The van der Waals surface area contributed by atoms with Crippen molar-refractivity contribution in [3.63, 3.8) is 0 Å². The lowest BCUT2D eigenvalue weighted by Crippen LogP contribution is -2.32. The minimum absolute atomic E-state index is 0.322. The van der Waals surface area contributed by atoms with Crippen molar-refractivity contribution in [3.05, 3.63) is 42.5 Å². The Morgan fingerprint density at radius 3 is 2.50 bits per heavy atom. The molecule has 4 nitrogen and oxygen atoms in total. The van der Waals surface area contributed by atoms with Crippen molar-refractivity contribution in [1.82, 2.24) is 10.0 Å². The van der Waals surface area contributed by atoms with E-state index in [2.05, 4.69) is 10.0 Å². The van der Waals surface area contributed by atoms with E-state index in [0.717, 1.165) is 10.8 Å². The summed E-state index contributed by atoms with van der Waals surface area (Å²) in [5.74, 6) is 0. The van der Waals surface area contributed by atoms with E-state index in [1.807, 2.05) is 30.3 Å². The highest BCUT2D eigenvalue weighted by Crippen LogP contribution is 2.19. The number of benzene rings is 2. The Hall–Kier alpha value is -1.43. The van der Waals surface area contributed by atoms with Crippen LogP contribution in [0.25, 0.3) is 10.8 Å². The zero-order valence-corrected chi connectivity index (χ0v) is 12.0. The van der Waals surface area contributed by atoms with Crippen molar-refractivity contribution < 1.29 is 8.42 Å². The first-order valence-electron chi connectivity index (χ1n) is 6.87. The van der Waals surface area contributed by atoms with Gasteiger partial charge in [0.05, 0.1) is 4.90 Å². The van der Waals surface area contributed by atoms with E-state index in [1.54, 1.807) is 12.1 Å². The minimum Gasteiger partial charge on any atom is -0.313 e.